The first kappa shape index (κ1) is 16.1. The molecule has 1 aromatic heterocycles. The van der Waals surface area contributed by atoms with E-state index in [2.05, 4.69) is 21.7 Å². The maximum absolute atomic E-state index is 12.6. The molecule has 1 aromatic carbocycles. The highest BCUT2D eigenvalue weighted by molar-refractivity contribution is 7.98. The topological polar surface area (TPSA) is 59.0 Å². The van der Waals surface area contributed by atoms with Gasteiger partial charge in [0.15, 0.2) is 5.16 Å². The quantitative estimate of drug-likeness (QED) is 0.825. The smallest absolute Gasteiger partial charge is 0.251 e. The monoisotopic (exact) mass is 330 g/mol. The zero-order chi connectivity index (χ0) is 16.2. The van der Waals surface area contributed by atoms with Crippen LogP contribution in [0.25, 0.3) is 0 Å². The van der Waals surface area contributed by atoms with Crippen molar-refractivity contribution < 1.29 is 4.79 Å². The summed E-state index contributed by atoms with van der Waals surface area (Å²) in [6.07, 6.45) is 4.90. The van der Waals surface area contributed by atoms with Crippen LogP contribution < -0.4 is 10.6 Å². The number of thioether (sulfide) groups is 1. The van der Waals surface area contributed by atoms with Crippen molar-refractivity contribution in [3.05, 3.63) is 47.3 Å². The minimum atomic E-state index is -0.0144. The standard InChI is InChI=1S/C17H22N4OS/c1-21-13(11-20-17(21)23-2)10-19-16(22)15-6-4-3-5-14(15)12-7-8-18-9-12/h3-6,11-12,18H,7-10H2,1-2H3,(H,19,22). The Morgan fingerprint density at radius 2 is 2.30 bits per heavy atom. The normalized spacial score (nSPS) is 17.4. The molecular weight excluding hydrogens is 308 g/mol. The summed E-state index contributed by atoms with van der Waals surface area (Å²) in [7, 11) is 1.97. The van der Waals surface area contributed by atoms with Gasteiger partial charge in [-0.3, -0.25) is 4.79 Å². The van der Waals surface area contributed by atoms with Crippen molar-refractivity contribution in [2.24, 2.45) is 7.05 Å². The maximum atomic E-state index is 12.6. The van der Waals surface area contributed by atoms with Gasteiger partial charge in [-0.15, -0.1) is 0 Å². The Hall–Kier alpha value is -1.79. The highest BCUT2D eigenvalue weighted by Crippen LogP contribution is 2.25. The number of nitrogens with one attached hydrogen (secondary N) is 2. The fourth-order valence-electron chi connectivity index (χ4n) is 3.03. The maximum Gasteiger partial charge on any atom is 0.251 e. The van der Waals surface area contributed by atoms with Gasteiger partial charge in [0.2, 0.25) is 0 Å². The lowest BCUT2D eigenvalue weighted by Gasteiger charge is -2.14. The summed E-state index contributed by atoms with van der Waals surface area (Å²) in [4.78, 5) is 16.9. The van der Waals surface area contributed by atoms with Crippen LogP contribution in [0.15, 0.2) is 35.6 Å². The number of hydrogen-bond acceptors (Lipinski definition) is 4. The van der Waals surface area contributed by atoms with Crippen LogP contribution in [0.3, 0.4) is 0 Å². The number of imidazole rings is 1. The molecule has 0 radical (unpaired) electrons. The molecule has 1 aliphatic heterocycles. The third-order valence-corrected chi connectivity index (χ3v) is 5.10. The fraction of sp³-hybridized carbons (Fsp3) is 0.412. The van der Waals surface area contributed by atoms with E-state index in [9.17, 15) is 4.79 Å². The molecule has 0 spiro atoms. The number of nitrogens with zero attached hydrogens (tertiary/aromatic N) is 2. The highest BCUT2D eigenvalue weighted by Gasteiger charge is 2.22. The predicted octanol–water partition coefficient (Wildman–Crippen LogP) is 2.15. The zero-order valence-corrected chi connectivity index (χ0v) is 14.3. The van der Waals surface area contributed by atoms with Crippen molar-refractivity contribution in [1.82, 2.24) is 20.2 Å². The third kappa shape index (κ3) is 3.43. The lowest BCUT2D eigenvalue weighted by Crippen LogP contribution is -2.25. The molecule has 1 aliphatic rings. The number of carbonyl (C=O) groups is 1. The molecule has 1 fully saturated rings. The molecule has 6 heteroatoms. The number of benzene rings is 1. The Morgan fingerprint density at radius 3 is 3.00 bits per heavy atom. The van der Waals surface area contributed by atoms with Crippen LogP contribution >= 0.6 is 11.8 Å². The van der Waals surface area contributed by atoms with Crippen molar-refractivity contribution in [3.8, 4) is 0 Å². The van der Waals surface area contributed by atoms with E-state index in [1.807, 2.05) is 42.3 Å². The molecule has 23 heavy (non-hydrogen) atoms. The summed E-state index contributed by atoms with van der Waals surface area (Å²) in [6, 6.07) is 7.93. The van der Waals surface area contributed by atoms with Gasteiger partial charge in [-0.2, -0.15) is 0 Å². The van der Waals surface area contributed by atoms with Crippen LogP contribution in [0.4, 0.5) is 0 Å². The first-order valence-electron chi connectivity index (χ1n) is 7.83. The average molecular weight is 330 g/mol. The van der Waals surface area contributed by atoms with E-state index in [4.69, 9.17) is 0 Å². The number of amides is 1. The predicted molar refractivity (Wildman–Crippen MR) is 92.8 cm³/mol. The Kier molecular flexibility index (Phi) is 5.03. The van der Waals surface area contributed by atoms with Gasteiger partial charge in [-0.1, -0.05) is 30.0 Å². The number of rotatable bonds is 5. The van der Waals surface area contributed by atoms with E-state index in [0.717, 1.165) is 41.5 Å². The van der Waals surface area contributed by atoms with E-state index < -0.39 is 0 Å². The molecule has 1 saturated heterocycles. The van der Waals surface area contributed by atoms with Crippen molar-refractivity contribution in [1.29, 1.82) is 0 Å². The molecule has 0 bridgehead atoms. The van der Waals surface area contributed by atoms with Gasteiger partial charge in [0, 0.05) is 19.2 Å². The zero-order valence-electron chi connectivity index (χ0n) is 13.5. The van der Waals surface area contributed by atoms with Gasteiger partial charge >= 0.3 is 0 Å². The van der Waals surface area contributed by atoms with Gasteiger partial charge in [0.05, 0.1) is 18.4 Å². The summed E-state index contributed by atoms with van der Waals surface area (Å²) in [6.45, 7) is 2.45. The number of hydrogen-bond donors (Lipinski definition) is 2. The minimum Gasteiger partial charge on any atom is -0.346 e. The van der Waals surface area contributed by atoms with Crippen LogP contribution in [0.5, 0.6) is 0 Å². The summed E-state index contributed by atoms with van der Waals surface area (Å²) < 4.78 is 2.01. The molecule has 2 aromatic rings. The highest BCUT2D eigenvalue weighted by atomic mass is 32.2. The van der Waals surface area contributed by atoms with E-state index in [1.54, 1.807) is 11.8 Å². The second kappa shape index (κ2) is 7.19. The van der Waals surface area contributed by atoms with Crippen molar-refractivity contribution >= 4 is 17.7 Å². The molecule has 5 nitrogen and oxygen atoms in total. The third-order valence-electron chi connectivity index (χ3n) is 4.36. The summed E-state index contributed by atoms with van der Waals surface area (Å²) in [5, 5.41) is 7.34. The summed E-state index contributed by atoms with van der Waals surface area (Å²) in [5.41, 5.74) is 2.93. The van der Waals surface area contributed by atoms with Crippen LogP contribution in [0.1, 0.15) is 34.0 Å². The summed E-state index contributed by atoms with van der Waals surface area (Å²) in [5.74, 6) is 0.413. The molecule has 122 valence electrons. The largest absolute Gasteiger partial charge is 0.346 e. The Bertz CT molecular complexity index is 692. The second-order valence-corrected chi connectivity index (χ2v) is 6.53. The molecule has 3 rings (SSSR count). The van der Waals surface area contributed by atoms with Crippen molar-refractivity contribution in [2.75, 3.05) is 19.3 Å². The van der Waals surface area contributed by atoms with Crippen LogP contribution in [0.2, 0.25) is 0 Å². The molecule has 2 N–H and O–H groups in total. The van der Waals surface area contributed by atoms with Gasteiger partial charge in [-0.25, -0.2) is 4.98 Å². The van der Waals surface area contributed by atoms with Crippen molar-refractivity contribution in [3.63, 3.8) is 0 Å². The van der Waals surface area contributed by atoms with Crippen molar-refractivity contribution in [2.45, 2.75) is 24.0 Å². The van der Waals surface area contributed by atoms with Crippen LogP contribution in [-0.4, -0.2) is 34.8 Å². The van der Waals surface area contributed by atoms with Gasteiger partial charge in [-0.05, 0) is 36.8 Å². The number of carbonyl (C=O) groups excluding carboxylic acids is 1. The van der Waals surface area contributed by atoms with E-state index >= 15 is 0 Å². The van der Waals surface area contributed by atoms with E-state index in [0.29, 0.717) is 12.5 Å². The summed E-state index contributed by atoms with van der Waals surface area (Å²) >= 11 is 1.60. The average Bonchev–Trinajstić information content (AvgIpc) is 3.22. The lowest BCUT2D eigenvalue weighted by molar-refractivity contribution is 0.0948. The molecule has 1 amide bonds. The van der Waals surface area contributed by atoms with E-state index in [-0.39, 0.29) is 5.91 Å². The lowest BCUT2D eigenvalue weighted by atomic mass is 9.93. The van der Waals surface area contributed by atoms with Crippen LogP contribution in [0, 0.1) is 0 Å². The van der Waals surface area contributed by atoms with Crippen LogP contribution in [-0.2, 0) is 13.6 Å². The Labute approximate surface area is 140 Å². The fourth-order valence-corrected chi connectivity index (χ4v) is 3.57. The second-order valence-electron chi connectivity index (χ2n) is 5.75. The Morgan fingerprint density at radius 1 is 1.48 bits per heavy atom. The van der Waals surface area contributed by atoms with E-state index in [1.165, 1.54) is 0 Å². The first-order chi connectivity index (χ1) is 11.2. The Balaban J connectivity index is 1.72. The number of aromatic nitrogens is 2. The minimum absolute atomic E-state index is 0.0144. The SMILES string of the molecule is CSc1ncc(CNC(=O)c2ccccc2C2CCNC2)n1C. The van der Waals surface area contributed by atoms with Gasteiger partial charge in [0.25, 0.3) is 5.91 Å². The molecule has 2 heterocycles. The molecule has 1 atom stereocenters. The van der Waals surface area contributed by atoms with Gasteiger partial charge < -0.3 is 15.2 Å². The first-order valence-corrected chi connectivity index (χ1v) is 9.05. The van der Waals surface area contributed by atoms with Gasteiger partial charge in [0.1, 0.15) is 0 Å². The molecular formula is C17H22N4OS. The molecule has 1 unspecified atom stereocenters. The molecule has 0 aliphatic carbocycles. The molecule has 0 saturated carbocycles.